The van der Waals surface area contributed by atoms with Gasteiger partial charge in [-0.15, -0.1) is 0 Å². The van der Waals surface area contributed by atoms with Crippen molar-refractivity contribution in [1.82, 2.24) is 0 Å². The van der Waals surface area contributed by atoms with Crippen LogP contribution in [0.2, 0.25) is 0 Å². The van der Waals surface area contributed by atoms with E-state index in [0.717, 1.165) is 0 Å². The van der Waals surface area contributed by atoms with Crippen molar-refractivity contribution in [3.05, 3.63) is 156 Å². The van der Waals surface area contributed by atoms with Crippen molar-refractivity contribution >= 4 is 43.1 Å². The lowest BCUT2D eigenvalue weighted by molar-refractivity contribution is 0.662. The Morgan fingerprint density at radius 2 is 0.955 bits per heavy atom. The number of fused-ring (bicyclic) bond motifs is 8. The summed E-state index contributed by atoms with van der Waals surface area (Å²) >= 11 is 0. The molecule has 8 aromatic rings. The van der Waals surface area contributed by atoms with Gasteiger partial charge in [0.2, 0.25) is 0 Å². The Morgan fingerprint density at radius 1 is 0.386 bits per heavy atom. The van der Waals surface area contributed by atoms with Crippen LogP contribution in [0.25, 0.3) is 76.5 Å². The van der Waals surface area contributed by atoms with Crippen molar-refractivity contribution in [3.63, 3.8) is 0 Å². The highest BCUT2D eigenvalue weighted by molar-refractivity contribution is 6.26. The highest BCUT2D eigenvalue weighted by Gasteiger charge is 2.38. The second kappa shape index (κ2) is 9.15. The molecule has 0 heterocycles. The van der Waals surface area contributed by atoms with Gasteiger partial charge in [0.25, 0.3) is 0 Å². The summed E-state index contributed by atoms with van der Waals surface area (Å²) in [4.78, 5) is 0. The molecular weight excluding hydrogens is 528 g/mol. The van der Waals surface area contributed by atoms with Gasteiger partial charge >= 0.3 is 0 Å². The molecule has 208 valence electrons. The van der Waals surface area contributed by atoms with Crippen LogP contribution < -0.4 is 0 Å². The third-order valence-corrected chi connectivity index (χ3v) is 10.1. The third-order valence-electron chi connectivity index (χ3n) is 10.1. The molecule has 0 N–H and O–H groups in total. The predicted molar refractivity (Wildman–Crippen MR) is 190 cm³/mol. The van der Waals surface area contributed by atoms with E-state index < -0.39 is 0 Å². The van der Waals surface area contributed by atoms with E-state index in [0.29, 0.717) is 0 Å². The molecule has 0 atom stereocenters. The lowest BCUT2D eigenvalue weighted by Gasteiger charge is -2.26. The minimum Gasteiger partial charge on any atom is -0.0619 e. The predicted octanol–water partition coefficient (Wildman–Crippen LogP) is 12.2. The fourth-order valence-electron chi connectivity index (χ4n) is 8.19. The molecule has 0 heteroatoms. The van der Waals surface area contributed by atoms with Gasteiger partial charge < -0.3 is 0 Å². The largest absolute Gasteiger partial charge is 0.0619 e. The lowest BCUT2D eigenvalue weighted by Crippen LogP contribution is -2.16. The van der Waals surface area contributed by atoms with Gasteiger partial charge in [-0.05, 0) is 101 Å². The number of hydrogen-bond acceptors (Lipinski definition) is 0. The third kappa shape index (κ3) is 3.40. The van der Waals surface area contributed by atoms with Crippen molar-refractivity contribution < 1.29 is 0 Å². The zero-order valence-corrected chi connectivity index (χ0v) is 25.3. The molecule has 8 aromatic carbocycles. The van der Waals surface area contributed by atoms with E-state index in [-0.39, 0.29) is 5.41 Å². The fourth-order valence-corrected chi connectivity index (χ4v) is 8.19. The van der Waals surface area contributed by atoms with Crippen LogP contribution in [0, 0.1) is 6.92 Å². The van der Waals surface area contributed by atoms with Crippen molar-refractivity contribution in [2.45, 2.75) is 26.2 Å². The highest BCUT2D eigenvalue weighted by Crippen LogP contribution is 2.55. The molecule has 0 fully saturated rings. The van der Waals surface area contributed by atoms with Gasteiger partial charge in [0, 0.05) is 5.41 Å². The minimum atomic E-state index is -0.104. The van der Waals surface area contributed by atoms with Gasteiger partial charge in [-0.3, -0.25) is 0 Å². The van der Waals surface area contributed by atoms with E-state index in [9.17, 15) is 0 Å². The topological polar surface area (TPSA) is 0 Å². The summed E-state index contributed by atoms with van der Waals surface area (Å²) in [6.45, 7) is 7.01. The monoisotopic (exact) mass is 560 g/mol. The number of hydrogen-bond donors (Lipinski definition) is 0. The zero-order valence-electron chi connectivity index (χ0n) is 25.3. The first-order valence-electron chi connectivity index (χ1n) is 15.6. The molecule has 0 amide bonds. The van der Waals surface area contributed by atoms with E-state index in [1.807, 2.05) is 0 Å². The number of benzene rings is 8. The Bertz CT molecular complexity index is 2470. The van der Waals surface area contributed by atoms with Crippen molar-refractivity contribution in [1.29, 1.82) is 0 Å². The van der Waals surface area contributed by atoms with Crippen molar-refractivity contribution in [3.8, 4) is 33.4 Å². The summed E-state index contributed by atoms with van der Waals surface area (Å²) in [6.07, 6.45) is 0. The molecule has 0 saturated heterocycles. The molecule has 0 aliphatic heterocycles. The van der Waals surface area contributed by atoms with Crippen LogP contribution in [0.4, 0.5) is 0 Å². The van der Waals surface area contributed by atoms with Crippen LogP contribution in [-0.4, -0.2) is 0 Å². The highest BCUT2D eigenvalue weighted by atomic mass is 14.4. The van der Waals surface area contributed by atoms with Crippen LogP contribution >= 0.6 is 0 Å². The fraction of sp³-hybridized carbons (Fsp3) is 0.0909. The first-order valence-corrected chi connectivity index (χ1v) is 15.6. The summed E-state index contributed by atoms with van der Waals surface area (Å²) in [7, 11) is 0. The van der Waals surface area contributed by atoms with E-state index in [2.05, 4.69) is 160 Å². The normalized spacial score (nSPS) is 13.5. The van der Waals surface area contributed by atoms with Crippen LogP contribution in [0.15, 0.2) is 140 Å². The maximum atomic E-state index is 2.42. The van der Waals surface area contributed by atoms with Crippen molar-refractivity contribution in [2.24, 2.45) is 0 Å². The quantitative estimate of drug-likeness (QED) is 0.146. The molecule has 0 spiro atoms. The summed E-state index contributed by atoms with van der Waals surface area (Å²) in [5.74, 6) is 0. The van der Waals surface area contributed by atoms with E-state index >= 15 is 0 Å². The number of rotatable bonds is 2. The first-order chi connectivity index (χ1) is 21.5. The maximum absolute atomic E-state index is 2.42. The van der Waals surface area contributed by atoms with Gasteiger partial charge in [0.05, 0.1) is 0 Å². The average molecular weight is 561 g/mol. The zero-order chi connectivity index (χ0) is 29.6. The van der Waals surface area contributed by atoms with Gasteiger partial charge in [-0.2, -0.15) is 0 Å². The standard InChI is InChI=1S/C44H32/c1-27-23-24-35-38(25-27)42(37-21-12-20-36-32-17-10-11-22-40(32)44(2,3)43(36)37)34-19-9-8-18-33(34)41(35)39-26-28-13-4-5-14-29(28)30-15-6-7-16-31(30)39/h4-26H,1-3H3. The summed E-state index contributed by atoms with van der Waals surface area (Å²) in [6, 6.07) is 52.2. The SMILES string of the molecule is Cc1ccc2c(-c3cc4ccccc4c4ccccc34)c3ccccc3c(-c3cccc4c3C(C)(C)c3ccccc3-4)c2c1. The summed E-state index contributed by atoms with van der Waals surface area (Å²) < 4.78 is 0. The molecule has 0 unspecified atom stereocenters. The van der Waals surface area contributed by atoms with Gasteiger partial charge in [0.1, 0.15) is 0 Å². The minimum absolute atomic E-state index is 0.104. The molecule has 0 aromatic heterocycles. The average Bonchev–Trinajstić information content (AvgIpc) is 3.30. The van der Waals surface area contributed by atoms with Crippen LogP contribution in [0.3, 0.4) is 0 Å². The Morgan fingerprint density at radius 3 is 1.75 bits per heavy atom. The van der Waals surface area contributed by atoms with E-state index in [4.69, 9.17) is 0 Å². The second-order valence-corrected chi connectivity index (χ2v) is 12.9. The smallest absolute Gasteiger partial charge is 0.0165 e. The van der Waals surface area contributed by atoms with E-state index in [1.165, 1.54) is 93.2 Å². The van der Waals surface area contributed by atoms with Gasteiger partial charge in [-0.1, -0.05) is 153 Å². The molecule has 0 nitrogen and oxygen atoms in total. The molecule has 44 heavy (non-hydrogen) atoms. The Hall–Kier alpha value is -5.20. The first kappa shape index (κ1) is 25.3. The summed E-state index contributed by atoms with van der Waals surface area (Å²) in [5, 5.41) is 10.4. The second-order valence-electron chi connectivity index (χ2n) is 12.9. The number of aryl methyl sites for hydroxylation is 1. The van der Waals surface area contributed by atoms with Crippen LogP contribution in [0.1, 0.15) is 30.5 Å². The van der Waals surface area contributed by atoms with Crippen LogP contribution in [-0.2, 0) is 5.41 Å². The lowest BCUT2D eigenvalue weighted by atomic mass is 9.76. The Labute approximate surface area is 258 Å². The molecular formula is C44H32. The molecule has 9 rings (SSSR count). The maximum Gasteiger partial charge on any atom is 0.0165 e. The summed E-state index contributed by atoms with van der Waals surface area (Å²) in [5.41, 5.74) is 12.0. The van der Waals surface area contributed by atoms with Gasteiger partial charge in [0.15, 0.2) is 0 Å². The van der Waals surface area contributed by atoms with Crippen LogP contribution in [0.5, 0.6) is 0 Å². The molecule has 0 saturated carbocycles. The Kier molecular flexibility index (Phi) is 5.26. The van der Waals surface area contributed by atoms with Gasteiger partial charge in [-0.25, -0.2) is 0 Å². The van der Waals surface area contributed by atoms with Crippen molar-refractivity contribution in [2.75, 3.05) is 0 Å². The Balaban J connectivity index is 1.46. The molecule has 1 aliphatic carbocycles. The molecule has 0 radical (unpaired) electrons. The van der Waals surface area contributed by atoms with E-state index in [1.54, 1.807) is 0 Å². The molecule has 1 aliphatic rings. The molecule has 0 bridgehead atoms.